The van der Waals surface area contributed by atoms with E-state index in [2.05, 4.69) is 5.32 Å². The van der Waals surface area contributed by atoms with Crippen LogP contribution >= 0.6 is 11.6 Å². The number of benzene rings is 2. The molecular weight excluding hydrogens is 289 g/mol. The lowest BCUT2D eigenvalue weighted by Gasteiger charge is -2.11. The minimum atomic E-state index is -0.394. The Labute approximate surface area is 129 Å². The molecule has 21 heavy (non-hydrogen) atoms. The van der Waals surface area contributed by atoms with Gasteiger partial charge in [-0.15, -0.1) is 0 Å². The zero-order valence-electron chi connectivity index (χ0n) is 12.4. The topological polar surface area (TPSA) is 21.3 Å². The average molecular weight is 308 g/mol. The summed E-state index contributed by atoms with van der Waals surface area (Å²) >= 11 is 6.09. The van der Waals surface area contributed by atoms with Gasteiger partial charge in [-0.3, -0.25) is 0 Å². The summed E-state index contributed by atoms with van der Waals surface area (Å²) in [6.45, 7) is 6.66. The van der Waals surface area contributed by atoms with E-state index in [9.17, 15) is 4.39 Å². The van der Waals surface area contributed by atoms with E-state index in [0.29, 0.717) is 23.4 Å². The summed E-state index contributed by atoms with van der Waals surface area (Å²) in [7, 11) is 0. The molecule has 2 aromatic rings. The molecule has 2 aromatic carbocycles. The summed E-state index contributed by atoms with van der Waals surface area (Å²) in [4.78, 5) is 0. The van der Waals surface area contributed by atoms with Crippen molar-refractivity contribution < 1.29 is 9.13 Å². The van der Waals surface area contributed by atoms with E-state index in [-0.39, 0.29) is 5.75 Å². The Kier molecular flexibility index (Phi) is 5.21. The van der Waals surface area contributed by atoms with E-state index in [1.165, 1.54) is 6.07 Å². The van der Waals surface area contributed by atoms with E-state index >= 15 is 0 Å². The molecule has 1 N–H and O–H groups in total. The van der Waals surface area contributed by atoms with Gasteiger partial charge in [-0.2, -0.15) is 0 Å². The second-order valence-corrected chi connectivity index (χ2v) is 5.74. The van der Waals surface area contributed by atoms with Crippen molar-refractivity contribution in [1.29, 1.82) is 0 Å². The molecule has 0 saturated carbocycles. The van der Waals surface area contributed by atoms with E-state index in [0.717, 1.165) is 11.1 Å². The third-order valence-corrected chi connectivity index (χ3v) is 3.31. The highest BCUT2D eigenvalue weighted by Gasteiger charge is 2.09. The van der Waals surface area contributed by atoms with Crippen molar-refractivity contribution in [3.8, 4) is 11.5 Å². The van der Waals surface area contributed by atoms with Crippen LogP contribution in [0.3, 0.4) is 0 Å². The first-order valence-corrected chi connectivity index (χ1v) is 7.29. The SMILES string of the molecule is Cc1ccc(Oc2ccc(CNC(C)C)cc2F)c(Cl)c1. The molecule has 0 aromatic heterocycles. The fraction of sp³-hybridized carbons (Fsp3) is 0.294. The summed E-state index contributed by atoms with van der Waals surface area (Å²) in [5.41, 5.74) is 1.91. The maximum Gasteiger partial charge on any atom is 0.166 e. The molecule has 2 nitrogen and oxygen atoms in total. The molecule has 0 saturated heterocycles. The molecule has 0 bridgehead atoms. The van der Waals surface area contributed by atoms with Crippen LogP contribution in [0.15, 0.2) is 36.4 Å². The van der Waals surface area contributed by atoms with Crippen LogP contribution in [0.2, 0.25) is 5.02 Å². The quantitative estimate of drug-likeness (QED) is 0.832. The van der Waals surface area contributed by atoms with Gasteiger partial charge in [0.15, 0.2) is 11.6 Å². The Balaban J connectivity index is 2.13. The van der Waals surface area contributed by atoms with Crippen molar-refractivity contribution >= 4 is 11.6 Å². The fourth-order valence-electron chi connectivity index (χ4n) is 1.87. The van der Waals surface area contributed by atoms with Gasteiger partial charge < -0.3 is 10.1 Å². The van der Waals surface area contributed by atoms with Crippen LogP contribution < -0.4 is 10.1 Å². The molecule has 0 fully saturated rings. The summed E-state index contributed by atoms with van der Waals surface area (Å²) in [5.74, 6) is 0.234. The Morgan fingerprint density at radius 1 is 1.14 bits per heavy atom. The van der Waals surface area contributed by atoms with Crippen molar-refractivity contribution in [2.45, 2.75) is 33.4 Å². The molecule has 0 aliphatic carbocycles. The van der Waals surface area contributed by atoms with Crippen LogP contribution in [0.25, 0.3) is 0 Å². The summed E-state index contributed by atoms with van der Waals surface area (Å²) in [5, 5.41) is 3.72. The zero-order chi connectivity index (χ0) is 15.4. The van der Waals surface area contributed by atoms with Gasteiger partial charge in [0, 0.05) is 12.6 Å². The fourth-order valence-corrected chi connectivity index (χ4v) is 2.14. The second-order valence-electron chi connectivity index (χ2n) is 5.34. The zero-order valence-corrected chi connectivity index (χ0v) is 13.2. The third-order valence-electron chi connectivity index (χ3n) is 3.02. The summed E-state index contributed by atoms with van der Waals surface area (Å²) in [6, 6.07) is 10.7. The van der Waals surface area contributed by atoms with Gasteiger partial charge >= 0.3 is 0 Å². The van der Waals surface area contributed by atoms with Crippen LogP contribution in [-0.2, 0) is 6.54 Å². The predicted octanol–water partition coefficient (Wildman–Crippen LogP) is 5.08. The molecule has 0 aliphatic heterocycles. The lowest BCUT2D eigenvalue weighted by atomic mass is 10.2. The van der Waals surface area contributed by atoms with Gasteiger partial charge in [-0.1, -0.05) is 37.6 Å². The van der Waals surface area contributed by atoms with Gasteiger partial charge in [0.05, 0.1) is 5.02 Å². The number of rotatable bonds is 5. The Morgan fingerprint density at radius 2 is 1.86 bits per heavy atom. The molecule has 0 atom stereocenters. The highest BCUT2D eigenvalue weighted by atomic mass is 35.5. The maximum atomic E-state index is 14.1. The number of nitrogens with one attached hydrogen (secondary N) is 1. The first kappa shape index (κ1) is 15.8. The van der Waals surface area contributed by atoms with E-state index in [1.54, 1.807) is 18.2 Å². The van der Waals surface area contributed by atoms with Gasteiger partial charge in [-0.05, 0) is 42.3 Å². The number of halogens is 2. The smallest absolute Gasteiger partial charge is 0.166 e. The normalized spacial score (nSPS) is 11.0. The van der Waals surface area contributed by atoms with Gasteiger partial charge in [0.1, 0.15) is 5.75 Å². The minimum absolute atomic E-state index is 0.175. The third kappa shape index (κ3) is 4.45. The molecule has 112 valence electrons. The molecule has 0 heterocycles. The van der Waals surface area contributed by atoms with Crippen LogP contribution in [0.1, 0.15) is 25.0 Å². The van der Waals surface area contributed by atoms with Gasteiger partial charge in [0.25, 0.3) is 0 Å². The molecule has 0 radical (unpaired) electrons. The predicted molar refractivity (Wildman–Crippen MR) is 84.6 cm³/mol. The second kappa shape index (κ2) is 6.92. The molecule has 4 heteroatoms. The van der Waals surface area contributed by atoms with E-state index < -0.39 is 5.82 Å². The van der Waals surface area contributed by atoms with Crippen LogP contribution in [0, 0.1) is 12.7 Å². The molecule has 0 unspecified atom stereocenters. The summed E-state index contributed by atoms with van der Waals surface area (Å²) < 4.78 is 19.6. The largest absolute Gasteiger partial charge is 0.453 e. The number of hydrogen-bond acceptors (Lipinski definition) is 2. The Bertz CT molecular complexity index is 628. The summed E-state index contributed by atoms with van der Waals surface area (Å²) in [6.07, 6.45) is 0. The van der Waals surface area contributed by atoms with Crippen molar-refractivity contribution in [2.24, 2.45) is 0 Å². The first-order valence-electron chi connectivity index (χ1n) is 6.91. The van der Waals surface area contributed by atoms with Crippen molar-refractivity contribution in [2.75, 3.05) is 0 Å². The van der Waals surface area contributed by atoms with E-state index in [4.69, 9.17) is 16.3 Å². The molecular formula is C17H19ClFNO. The van der Waals surface area contributed by atoms with Crippen molar-refractivity contribution in [3.63, 3.8) is 0 Å². The minimum Gasteiger partial charge on any atom is -0.453 e. The van der Waals surface area contributed by atoms with Crippen molar-refractivity contribution in [3.05, 3.63) is 58.4 Å². The lowest BCUT2D eigenvalue weighted by Crippen LogP contribution is -2.21. The van der Waals surface area contributed by atoms with Crippen LogP contribution in [-0.4, -0.2) is 6.04 Å². The van der Waals surface area contributed by atoms with Crippen LogP contribution in [0.5, 0.6) is 11.5 Å². The Hall–Kier alpha value is -1.58. The monoisotopic (exact) mass is 307 g/mol. The lowest BCUT2D eigenvalue weighted by molar-refractivity contribution is 0.441. The molecule has 0 amide bonds. The molecule has 2 rings (SSSR count). The number of aryl methyl sites for hydroxylation is 1. The number of ether oxygens (including phenoxy) is 1. The highest BCUT2D eigenvalue weighted by molar-refractivity contribution is 6.32. The molecule has 0 spiro atoms. The highest BCUT2D eigenvalue weighted by Crippen LogP contribution is 2.31. The first-order chi connectivity index (χ1) is 9.95. The number of hydrogen-bond donors (Lipinski definition) is 1. The van der Waals surface area contributed by atoms with Gasteiger partial charge in [0.2, 0.25) is 0 Å². The van der Waals surface area contributed by atoms with Crippen molar-refractivity contribution in [1.82, 2.24) is 5.32 Å². The standard InChI is InChI=1S/C17H19ClFNO/c1-11(2)20-10-13-5-7-17(15(19)9-13)21-16-6-4-12(3)8-14(16)18/h4-9,11,20H,10H2,1-3H3. The van der Waals surface area contributed by atoms with Gasteiger partial charge in [-0.25, -0.2) is 4.39 Å². The van der Waals surface area contributed by atoms with E-state index in [1.807, 2.05) is 32.9 Å². The average Bonchev–Trinajstić information content (AvgIpc) is 2.42. The Morgan fingerprint density at radius 3 is 2.48 bits per heavy atom. The molecule has 0 aliphatic rings. The van der Waals surface area contributed by atoms with Crippen LogP contribution in [0.4, 0.5) is 4.39 Å². The maximum absolute atomic E-state index is 14.1.